The fraction of sp³-hybridized carbons (Fsp3) is 0.250. The van der Waals surface area contributed by atoms with Crippen molar-refractivity contribution in [3.8, 4) is 0 Å². The van der Waals surface area contributed by atoms with Gasteiger partial charge in [-0.2, -0.15) is 26.3 Å². The van der Waals surface area contributed by atoms with Gasteiger partial charge in [0.25, 0.3) is 0 Å². The van der Waals surface area contributed by atoms with E-state index in [1.807, 2.05) is 0 Å². The number of anilines is 1. The smallest absolute Gasteiger partial charge is 0.361 e. The van der Waals surface area contributed by atoms with Gasteiger partial charge in [0, 0.05) is 28.7 Å². The van der Waals surface area contributed by atoms with Crippen LogP contribution in [0.1, 0.15) is 17.0 Å². The number of alkyl halides is 6. The van der Waals surface area contributed by atoms with Gasteiger partial charge in [0.05, 0.1) is 0 Å². The zero-order valence-electron chi connectivity index (χ0n) is 13.3. The predicted octanol–water partition coefficient (Wildman–Crippen LogP) is 5.30. The molecule has 27 heavy (non-hydrogen) atoms. The Morgan fingerprint density at radius 3 is 2.19 bits per heavy atom. The molecule has 144 valence electrons. The second-order valence-electron chi connectivity index (χ2n) is 5.64. The van der Waals surface area contributed by atoms with Crippen molar-refractivity contribution in [2.45, 2.75) is 18.8 Å². The summed E-state index contributed by atoms with van der Waals surface area (Å²) >= 11 is 5.94. The van der Waals surface area contributed by atoms with Gasteiger partial charge in [-0.15, -0.1) is 0 Å². The summed E-state index contributed by atoms with van der Waals surface area (Å²) in [5.41, 5.74) is -1.72. The summed E-state index contributed by atoms with van der Waals surface area (Å²) < 4.78 is 76.8. The second-order valence-corrected chi connectivity index (χ2v) is 6.07. The van der Waals surface area contributed by atoms with E-state index in [1.165, 1.54) is 0 Å². The van der Waals surface area contributed by atoms with Gasteiger partial charge in [0.2, 0.25) is 5.95 Å². The number of nitrogens with one attached hydrogen (secondary N) is 2. The van der Waals surface area contributed by atoms with Crippen LogP contribution >= 0.6 is 11.6 Å². The van der Waals surface area contributed by atoms with Crippen LogP contribution in [-0.4, -0.2) is 21.5 Å². The van der Waals surface area contributed by atoms with E-state index in [9.17, 15) is 26.3 Å². The summed E-state index contributed by atoms with van der Waals surface area (Å²) in [6, 6.07) is 5.05. The molecule has 4 nitrogen and oxygen atoms in total. The number of rotatable bonds is 4. The molecule has 3 aromatic rings. The zero-order chi connectivity index (χ0) is 19.8. The molecule has 0 atom stereocenters. The Labute approximate surface area is 153 Å². The lowest BCUT2D eigenvalue weighted by atomic mass is 10.1. The van der Waals surface area contributed by atoms with E-state index in [0.29, 0.717) is 11.4 Å². The number of aromatic nitrogens is 3. The third-order valence-corrected chi connectivity index (χ3v) is 3.95. The molecule has 3 rings (SSSR count). The van der Waals surface area contributed by atoms with Gasteiger partial charge in [-0.3, -0.25) is 0 Å². The molecule has 0 saturated heterocycles. The molecule has 0 fully saturated rings. The van der Waals surface area contributed by atoms with Crippen molar-refractivity contribution < 1.29 is 26.3 Å². The van der Waals surface area contributed by atoms with Crippen molar-refractivity contribution in [3.05, 3.63) is 52.4 Å². The fourth-order valence-electron chi connectivity index (χ4n) is 2.48. The van der Waals surface area contributed by atoms with Crippen molar-refractivity contribution in [2.24, 2.45) is 0 Å². The first kappa shape index (κ1) is 19.3. The SMILES string of the molecule is FC(F)(F)c1cc(C(F)(F)F)nc(NCCc2c[nH]c3ccc(Cl)cc23)n1. The number of aromatic amines is 1. The Balaban J connectivity index is 1.79. The minimum atomic E-state index is -5.02. The first-order valence-electron chi connectivity index (χ1n) is 7.57. The van der Waals surface area contributed by atoms with Crippen molar-refractivity contribution in [2.75, 3.05) is 11.9 Å². The first-order chi connectivity index (χ1) is 12.5. The first-order valence-corrected chi connectivity index (χ1v) is 7.95. The summed E-state index contributed by atoms with van der Waals surface area (Å²) in [6.45, 7) is 0.0259. The number of halogens is 7. The molecule has 0 radical (unpaired) electrons. The largest absolute Gasteiger partial charge is 0.433 e. The maximum atomic E-state index is 12.8. The van der Waals surface area contributed by atoms with Gasteiger partial charge >= 0.3 is 12.4 Å². The van der Waals surface area contributed by atoms with Crippen LogP contribution in [0.5, 0.6) is 0 Å². The third-order valence-electron chi connectivity index (χ3n) is 3.71. The van der Waals surface area contributed by atoms with E-state index in [4.69, 9.17) is 11.6 Å². The molecule has 2 heterocycles. The normalized spacial score (nSPS) is 12.6. The van der Waals surface area contributed by atoms with Crippen LogP contribution in [0, 0.1) is 0 Å². The summed E-state index contributed by atoms with van der Waals surface area (Å²) in [4.78, 5) is 9.28. The minimum Gasteiger partial charge on any atom is -0.361 e. The highest BCUT2D eigenvalue weighted by Crippen LogP contribution is 2.34. The molecule has 2 aromatic heterocycles. The molecule has 1 aromatic carbocycles. The van der Waals surface area contributed by atoms with Gasteiger partial charge in [0.1, 0.15) is 0 Å². The molecule has 0 amide bonds. The molecular weight excluding hydrogens is 398 g/mol. The molecule has 0 saturated carbocycles. The average Bonchev–Trinajstić information content (AvgIpc) is 2.95. The Morgan fingerprint density at radius 1 is 0.963 bits per heavy atom. The number of H-pyrrole nitrogens is 1. The average molecular weight is 409 g/mol. The minimum absolute atomic E-state index is 0.0259. The summed E-state index contributed by atoms with van der Waals surface area (Å²) in [5, 5.41) is 3.74. The van der Waals surface area contributed by atoms with E-state index >= 15 is 0 Å². The number of benzene rings is 1. The fourth-order valence-corrected chi connectivity index (χ4v) is 2.66. The monoisotopic (exact) mass is 408 g/mol. The highest BCUT2D eigenvalue weighted by Gasteiger charge is 2.39. The van der Waals surface area contributed by atoms with Crippen LogP contribution in [0.2, 0.25) is 5.02 Å². The predicted molar refractivity (Wildman–Crippen MR) is 87.5 cm³/mol. The topological polar surface area (TPSA) is 53.6 Å². The number of hydrogen-bond acceptors (Lipinski definition) is 3. The maximum absolute atomic E-state index is 12.8. The van der Waals surface area contributed by atoms with Crippen LogP contribution < -0.4 is 5.32 Å². The molecule has 0 aliphatic heterocycles. The molecule has 0 aliphatic rings. The molecule has 11 heteroatoms. The lowest BCUT2D eigenvalue weighted by Gasteiger charge is -2.13. The number of fused-ring (bicyclic) bond motifs is 1. The van der Waals surface area contributed by atoms with Crippen molar-refractivity contribution >= 4 is 28.5 Å². The highest BCUT2D eigenvalue weighted by atomic mass is 35.5. The van der Waals surface area contributed by atoms with Gasteiger partial charge in [-0.1, -0.05) is 11.6 Å². The van der Waals surface area contributed by atoms with Gasteiger partial charge in [-0.25, -0.2) is 9.97 Å². The standard InChI is InChI=1S/C16H11ClF6N4/c17-9-1-2-11-10(5-9)8(7-25-11)3-4-24-14-26-12(15(18,19)20)6-13(27-14)16(21,22)23/h1-2,5-7,25H,3-4H2,(H,24,26,27). The van der Waals surface area contributed by atoms with Crippen LogP contribution in [-0.2, 0) is 18.8 Å². The van der Waals surface area contributed by atoms with Gasteiger partial charge in [0.15, 0.2) is 11.4 Å². The summed E-state index contributed by atoms with van der Waals surface area (Å²) in [5.74, 6) is -0.741. The number of hydrogen-bond donors (Lipinski definition) is 2. The number of nitrogens with zero attached hydrogens (tertiary/aromatic N) is 2. The van der Waals surface area contributed by atoms with E-state index in [2.05, 4.69) is 20.3 Å². The maximum Gasteiger partial charge on any atom is 0.433 e. The van der Waals surface area contributed by atoms with E-state index in [1.54, 1.807) is 24.4 Å². The molecule has 0 spiro atoms. The molecule has 0 bridgehead atoms. The van der Waals surface area contributed by atoms with Crippen LogP contribution in [0.3, 0.4) is 0 Å². The van der Waals surface area contributed by atoms with E-state index in [0.717, 1.165) is 16.5 Å². The zero-order valence-corrected chi connectivity index (χ0v) is 14.1. The Kier molecular flexibility index (Phi) is 4.94. The third kappa shape index (κ3) is 4.44. The van der Waals surface area contributed by atoms with Gasteiger partial charge < -0.3 is 10.3 Å². The van der Waals surface area contributed by atoms with Gasteiger partial charge in [-0.05, 0) is 36.2 Å². The Hall–Kier alpha value is -2.49. The Morgan fingerprint density at radius 2 is 1.59 bits per heavy atom. The molecule has 2 N–H and O–H groups in total. The van der Waals surface area contributed by atoms with Crippen molar-refractivity contribution in [3.63, 3.8) is 0 Å². The van der Waals surface area contributed by atoms with Crippen LogP contribution in [0.25, 0.3) is 10.9 Å². The quantitative estimate of drug-likeness (QED) is 0.576. The van der Waals surface area contributed by atoms with Crippen molar-refractivity contribution in [1.82, 2.24) is 15.0 Å². The van der Waals surface area contributed by atoms with Crippen LogP contribution in [0.15, 0.2) is 30.5 Å². The summed E-state index contributed by atoms with van der Waals surface area (Å²) in [6.07, 6.45) is -8.04. The molecule has 0 aliphatic carbocycles. The van der Waals surface area contributed by atoms with E-state index in [-0.39, 0.29) is 12.6 Å². The Bertz CT molecular complexity index is 931. The summed E-state index contributed by atoms with van der Waals surface area (Å²) in [7, 11) is 0. The van der Waals surface area contributed by atoms with Crippen molar-refractivity contribution in [1.29, 1.82) is 0 Å². The second kappa shape index (κ2) is 6.91. The molecular formula is C16H11ClF6N4. The lowest BCUT2D eigenvalue weighted by molar-refractivity contribution is -0.147. The van der Waals surface area contributed by atoms with E-state index < -0.39 is 29.7 Å². The molecule has 0 unspecified atom stereocenters. The highest BCUT2D eigenvalue weighted by molar-refractivity contribution is 6.31. The van der Waals surface area contributed by atoms with Crippen LogP contribution in [0.4, 0.5) is 32.3 Å². The lowest BCUT2D eigenvalue weighted by Crippen LogP contribution is -2.18.